The van der Waals surface area contributed by atoms with Crippen LogP contribution in [0.1, 0.15) is 5.56 Å². The number of hydrogen-bond acceptors (Lipinski definition) is 3. The zero-order valence-corrected chi connectivity index (χ0v) is 10.2. The van der Waals surface area contributed by atoms with Gasteiger partial charge in [-0.15, -0.1) is 0 Å². The van der Waals surface area contributed by atoms with Crippen LogP contribution in [-0.2, 0) is 0 Å². The maximum atomic E-state index is 5.97. The zero-order chi connectivity index (χ0) is 11.1. The first-order valence-electron chi connectivity index (χ1n) is 4.93. The van der Waals surface area contributed by atoms with Crippen molar-refractivity contribution in [2.75, 3.05) is 5.32 Å². The highest BCUT2D eigenvalue weighted by atomic mass is 35.5. The lowest BCUT2D eigenvalue weighted by atomic mass is 10.2. The molecule has 0 amide bonds. The molecule has 1 aliphatic heterocycles. The minimum atomic E-state index is 0.746. The summed E-state index contributed by atoms with van der Waals surface area (Å²) in [4.78, 5) is 5.57. The molecule has 2 aromatic rings. The lowest BCUT2D eigenvalue weighted by molar-refractivity contribution is 1.10. The minimum absolute atomic E-state index is 0.746. The number of aromatic nitrogens is 1. The Hall–Kier alpha value is -1.19. The fourth-order valence-corrected chi connectivity index (χ4v) is 2.73. The quantitative estimate of drug-likeness (QED) is 0.644. The molecule has 0 saturated carbocycles. The second-order valence-electron chi connectivity index (χ2n) is 3.73. The second kappa shape index (κ2) is 3.68. The molecule has 1 aliphatic rings. The van der Waals surface area contributed by atoms with Crippen molar-refractivity contribution in [1.29, 1.82) is 0 Å². The maximum absolute atomic E-state index is 5.97. The highest BCUT2D eigenvalue weighted by Gasteiger charge is 2.16. The van der Waals surface area contributed by atoms with Gasteiger partial charge >= 0.3 is 0 Å². The number of anilines is 2. The van der Waals surface area contributed by atoms with Gasteiger partial charge in [-0.2, -0.15) is 0 Å². The monoisotopic (exact) mass is 248 g/mol. The van der Waals surface area contributed by atoms with Gasteiger partial charge in [-0.1, -0.05) is 23.4 Å². The van der Waals surface area contributed by atoms with E-state index in [0.29, 0.717) is 0 Å². The molecule has 1 aromatic heterocycles. The van der Waals surface area contributed by atoms with Crippen molar-refractivity contribution >= 4 is 34.7 Å². The summed E-state index contributed by atoms with van der Waals surface area (Å²) in [6.07, 6.45) is 1.88. The molecule has 0 unspecified atom stereocenters. The molecule has 1 aromatic carbocycles. The normalized spacial score (nSPS) is 12.6. The van der Waals surface area contributed by atoms with E-state index < -0.39 is 0 Å². The van der Waals surface area contributed by atoms with Crippen LogP contribution in [0, 0.1) is 6.92 Å². The summed E-state index contributed by atoms with van der Waals surface area (Å²) in [7, 11) is 0. The molecule has 0 atom stereocenters. The molecular weight excluding hydrogens is 240 g/mol. The van der Waals surface area contributed by atoms with E-state index in [-0.39, 0.29) is 0 Å². The molecular formula is C12H9ClN2S. The SMILES string of the molecule is Cc1cnc2c(c1)Nc1cc(Cl)ccc1S2. The predicted molar refractivity (Wildman–Crippen MR) is 67.8 cm³/mol. The fraction of sp³-hybridized carbons (Fsp3) is 0.0833. The van der Waals surface area contributed by atoms with Crippen LogP contribution in [-0.4, -0.2) is 4.98 Å². The van der Waals surface area contributed by atoms with Crippen molar-refractivity contribution in [3.05, 3.63) is 41.0 Å². The second-order valence-corrected chi connectivity index (χ2v) is 5.20. The van der Waals surface area contributed by atoms with Gasteiger partial charge in [-0.25, -0.2) is 4.98 Å². The summed E-state index contributed by atoms with van der Waals surface area (Å²) < 4.78 is 0. The van der Waals surface area contributed by atoms with Gasteiger partial charge in [0.1, 0.15) is 5.03 Å². The Kier molecular flexibility index (Phi) is 2.30. The van der Waals surface area contributed by atoms with Crippen LogP contribution >= 0.6 is 23.4 Å². The largest absolute Gasteiger partial charge is 0.352 e. The molecule has 80 valence electrons. The van der Waals surface area contributed by atoms with Crippen molar-refractivity contribution < 1.29 is 0 Å². The molecule has 0 saturated heterocycles. The lowest BCUT2D eigenvalue weighted by Crippen LogP contribution is -2.01. The van der Waals surface area contributed by atoms with Crippen molar-refractivity contribution in [2.45, 2.75) is 16.8 Å². The Labute approximate surface area is 103 Å². The first kappa shape index (κ1) is 10.00. The molecule has 0 bridgehead atoms. The average molecular weight is 249 g/mol. The summed E-state index contributed by atoms with van der Waals surface area (Å²) >= 11 is 7.64. The van der Waals surface area contributed by atoms with Gasteiger partial charge in [-0.3, -0.25) is 0 Å². The van der Waals surface area contributed by atoms with Gasteiger partial charge < -0.3 is 5.32 Å². The molecule has 3 rings (SSSR count). The van der Waals surface area contributed by atoms with Crippen LogP contribution in [0.2, 0.25) is 5.02 Å². The van der Waals surface area contributed by atoms with E-state index in [4.69, 9.17) is 11.6 Å². The topological polar surface area (TPSA) is 24.9 Å². The number of nitrogens with zero attached hydrogens (tertiary/aromatic N) is 1. The van der Waals surface area contributed by atoms with Crippen molar-refractivity contribution in [1.82, 2.24) is 4.98 Å². The highest BCUT2D eigenvalue weighted by molar-refractivity contribution is 7.99. The Morgan fingerprint density at radius 3 is 3.00 bits per heavy atom. The van der Waals surface area contributed by atoms with Crippen LogP contribution in [0.25, 0.3) is 0 Å². The van der Waals surface area contributed by atoms with E-state index in [9.17, 15) is 0 Å². The number of benzene rings is 1. The van der Waals surface area contributed by atoms with E-state index >= 15 is 0 Å². The third kappa shape index (κ3) is 1.66. The van der Waals surface area contributed by atoms with Gasteiger partial charge in [0.15, 0.2) is 0 Å². The number of hydrogen-bond donors (Lipinski definition) is 1. The van der Waals surface area contributed by atoms with Crippen LogP contribution in [0.5, 0.6) is 0 Å². The Morgan fingerprint density at radius 1 is 1.25 bits per heavy atom. The van der Waals surface area contributed by atoms with E-state index in [1.807, 2.05) is 31.3 Å². The van der Waals surface area contributed by atoms with Crippen LogP contribution in [0.15, 0.2) is 40.4 Å². The van der Waals surface area contributed by atoms with Crippen molar-refractivity contribution in [2.24, 2.45) is 0 Å². The third-order valence-electron chi connectivity index (χ3n) is 2.41. The van der Waals surface area contributed by atoms with Crippen molar-refractivity contribution in [3.63, 3.8) is 0 Å². The summed E-state index contributed by atoms with van der Waals surface area (Å²) in [5, 5.41) is 5.11. The maximum Gasteiger partial charge on any atom is 0.124 e. The van der Waals surface area contributed by atoms with E-state index in [2.05, 4.69) is 16.4 Å². The Bertz CT molecular complexity index is 519. The van der Waals surface area contributed by atoms with Gasteiger partial charge in [-0.05, 0) is 36.8 Å². The van der Waals surface area contributed by atoms with Crippen LogP contribution in [0.3, 0.4) is 0 Å². The molecule has 0 aliphatic carbocycles. The first-order valence-corrected chi connectivity index (χ1v) is 6.13. The average Bonchev–Trinajstić information content (AvgIpc) is 2.26. The summed E-state index contributed by atoms with van der Waals surface area (Å²) in [5.74, 6) is 0. The standard InChI is InChI=1S/C12H9ClN2S/c1-7-4-10-12(14-6-7)16-11-3-2-8(13)5-9(11)15-10/h2-6,15H,1H3. The Balaban J connectivity index is 2.10. The molecule has 2 nitrogen and oxygen atoms in total. The minimum Gasteiger partial charge on any atom is -0.352 e. The smallest absolute Gasteiger partial charge is 0.124 e. The molecule has 16 heavy (non-hydrogen) atoms. The van der Waals surface area contributed by atoms with Gasteiger partial charge in [0.05, 0.1) is 11.4 Å². The van der Waals surface area contributed by atoms with Crippen molar-refractivity contribution in [3.8, 4) is 0 Å². The fourth-order valence-electron chi connectivity index (χ4n) is 1.67. The van der Waals surface area contributed by atoms with E-state index in [1.54, 1.807) is 11.8 Å². The molecule has 0 radical (unpaired) electrons. The Morgan fingerprint density at radius 2 is 2.12 bits per heavy atom. The van der Waals surface area contributed by atoms with Gasteiger partial charge in [0.2, 0.25) is 0 Å². The van der Waals surface area contributed by atoms with Gasteiger partial charge in [0.25, 0.3) is 0 Å². The summed E-state index contributed by atoms with van der Waals surface area (Å²) in [5.41, 5.74) is 3.26. The molecule has 2 heterocycles. The number of aryl methyl sites for hydroxylation is 1. The lowest BCUT2D eigenvalue weighted by Gasteiger charge is -2.20. The third-order valence-corrected chi connectivity index (χ3v) is 3.74. The highest BCUT2D eigenvalue weighted by Crippen LogP contribution is 2.43. The molecule has 4 heteroatoms. The predicted octanol–water partition coefficient (Wildman–Crippen LogP) is 4.25. The number of rotatable bonds is 0. The van der Waals surface area contributed by atoms with E-state index in [0.717, 1.165) is 31.9 Å². The van der Waals surface area contributed by atoms with Gasteiger partial charge in [0, 0.05) is 16.1 Å². The first-order chi connectivity index (χ1) is 7.72. The molecule has 0 fully saturated rings. The molecule has 0 spiro atoms. The number of fused-ring (bicyclic) bond motifs is 2. The van der Waals surface area contributed by atoms with E-state index in [1.165, 1.54) is 0 Å². The van der Waals surface area contributed by atoms with Crippen LogP contribution in [0.4, 0.5) is 11.4 Å². The molecule has 1 N–H and O–H groups in total. The zero-order valence-electron chi connectivity index (χ0n) is 8.62. The summed E-state index contributed by atoms with van der Waals surface area (Å²) in [6.45, 7) is 2.03. The summed E-state index contributed by atoms with van der Waals surface area (Å²) in [6, 6.07) is 7.95. The number of nitrogens with one attached hydrogen (secondary N) is 1. The number of halogens is 1. The number of pyridine rings is 1. The van der Waals surface area contributed by atoms with Crippen LogP contribution < -0.4 is 5.32 Å².